The molecule has 0 aliphatic carbocycles. The van der Waals surface area contributed by atoms with Crippen LogP contribution < -0.4 is 9.47 Å². The van der Waals surface area contributed by atoms with Crippen LogP contribution in [0, 0.1) is 0 Å². The Hall–Kier alpha value is -1.30. The van der Waals surface area contributed by atoms with Gasteiger partial charge in [0.15, 0.2) is 24.1 Å². The van der Waals surface area contributed by atoms with Crippen molar-refractivity contribution in [3.05, 3.63) is 22.7 Å². The van der Waals surface area contributed by atoms with E-state index in [1.165, 1.54) is 13.2 Å². The highest BCUT2D eigenvalue weighted by Crippen LogP contribution is 2.34. The van der Waals surface area contributed by atoms with E-state index >= 15 is 0 Å². The fraction of sp³-hybridized carbons (Fsp3) is 0.500. The zero-order chi connectivity index (χ0) is 15.0. The van der Waals surface area contributed by atoms with Gasteiger partial charge in [0.25, 0.3) is 0 Å². The molecule has 0 fully saturated rings. The smallest absolute Gasteiger partial charge is 0.191 e. The van der Waals surface area contributed by atoms with Gasteiger partial charge in [-0.1, -0.05) is 11.6 Å². The molecule has 0 saturated heterocycles. The molecule has 0 saturated carbocycles. The number of carbonyl (C=O) groups is 1. The lowest BCUT2D eigenvalue weighted by molar-refractivity contribution is -0.152. The van der Waals surface area contributed by atoms with Crippen LogP contribution in [-0.2, 0) is 9.47 Å². The standard InChI is InChI=1S/C14H19ClO5/c1-4-18-13(19-5-2)9-20-14-10(8-16)6-11(15)7-12(14)17-3/h6-8,13H,4-5,9H2,1-3H3. The van der Waals surface area contributed by atoms with Crippen LogP contribution in [0.4, 0.5) is 0 Å². The third-order valence-corrected chi connectivity index (χ3v) is 2.68. The van der Waals surface area contributed by atoms with Gasteiger partial charge in [-0.05, 0) is 19.9 Å². The zero-order valence-corrected chi connectivity index (χ0v) is 12.6. The molecule has 0 aromatic heterocycles. The summed E-state index contributed by atoms with van der Waals surface area (Å²) in [6, 6.07) is 3.10. The first-order valence-electron chi connectivity index (χ1n) is 6.34. The molecular formula is C14H19ClO5. The van der Waals surface area contributed by atoms with E-state index in [2.05, 4.69) is 0 Å². The number of carbonyl (C=O) groups excluding carboxylic acids is 1. The van der Waals surface area contributed by atoms with Crippen molar-refractivity contribution in [2.45, 2.75) is 20.1 Å². The second-order valence-corrected chi connectivity index (χ2v) is 4.23. The summed E-state index contributed by atoms with van der Waals surface area (Å²) in [6.07, 6.45) is 0.171. The number of hydrogen-bond donors (Lipinski definition) is 0. The molecule has 0 atom stereocenters. The van der Waals surface area contributed by atoms with Gasteiger partial charge in [-0.25, -0.2) is 0 Å². The van der Waals surface area contributed by atoms with Gasteiger partial charge in [0.1, 0.15) is 6.61 Å². The molecule has 0 aliphatic rings. The van der Waals surface area contributed by atoms with Crippen molar-refractivity contribution in [3.8, 4) is 11.5 Å². The molecule has 0 amide bonds. The maximum atomic E-state index is 11.1. The van der Waals surface area contributed by atoms with Crippen LogP contribution in [-0.4, -0.2) is 39.5 Å². The minimum Gasteiger partial charge on any atom is -0.493 e. The van der Waals surface area contributed by atoms with Crippen molar-refractivity contribution >= 4 is 17.9 Å². The highest BCUT2D eigenvalue weighted by Gasteiger charge is 2.16. The highest BCUT2D eigenvalue weighted by atomic mass is 35.5. The second kappa shape index (κ2) is 8.79. The van der Waals surface area contributed by atoms with E-state index in [4.69, 9.17) is 30.5 Å². The molecule has 0 unspecified atom stereocenters. The topological polar surface area (TPSA) is 54.0 Å². The molecule has 112 valence electrons. The van der Waals surface area contributed by atoms with Crippen molar-refractivity contribution in [2.24, 2.45) is 0 Å². The molecule has 0 heterocycles. The minimum atomic E-state index is -0.495. The Morgan fingerprint density at radius 3 is 2.40 bits per heavy atom. The molecule has 0 aliphatic heterocycles. The first kappa shape index (κ1) is 16.8. The maximum Gasteiger partial charge on any atom is 0.191 e. The van der Waals surface area contributed by atoms with Crippen LogP contribution in [0.3, 0.4) is 0 Å². The Balaban J connectivity index is 2.87. The summed E-state index contributed by atoms with van der Waals surface area (Å²) in [5.74, 6) is 0.725. The third-order valence-electron chi connectivity index (χ3n) is 2.46. The molecule has 1 aromatic rings. The average Bonchev–Trinajstić information content (AvgIpc) is 2.45. The van der Waals surface area contributed by atoms with Crippen LogP contribution in [0.5, 0.6) is 11.5 Å². The van der Waals surface area contributed by atoms with Crippen molar-refractivity contribution in [3.63, 3.8) is 0 Å². The summed E-state index contributed by atoms with van der Waals surface area (Å²) in [6.45, 7) is 4.90. The van der Waals surface area contributed by atoms with Crippen molar-refractivity contribution in [1.29, 1.82) is 0 Å². The van der Waals surface area contributed by atoms with E-state index in [-0.39, 0.29) is 6.61 Å². The summed E-state index contributed by atoms with van der Waals surface area (Å²) in [5.41, 5.74) is 0.320. The van der Waals surface area contributed by atoms with Crippen molar-refractivity contribution < 1.29 is 23.7 Å². The Bertz CT molecular complexity index is 430. The Kier molecular flexibility index (Phi) is 7.36. The second-order valence-electron chi connectivity index (χ2n) is 3.80. The first-order valence-corrected chi connectivity index (χ1v) is 6.72. The summed E-state index contributed by atoms with van der Waals surface area (Å²) in [7, 11) is 1.48. The van der Waals surface area contributed by atoms with Gasteiger partial charge < -0.3 is 18.9 Å². The van der Waals surface area contributed by atoms with Gasteiger partial charge in [-0.15, -0.1) is 0 Å². The molecule has 0 radical (unpaired) electrons. The lowest BCUT2D eigenvalue weighted by Crippen LogP contribution is -2.25. The van der Waals surface area contributed by atoms with Gasteiger partial charge >= 0.3 is 0 Å². The van der Waals surface area contributed by atoms with E-state index in [0.717, 1.165) is 0 Å². The Labute approximate surface area is 123 Å². The van der Waals surface area contributed by atoms with Gasteiger partial charge in [-0.2, -0.15) is 0 Å². The molecule has 6 heteroatoms. The molecule has 5 nitrogen and oxygen atoms in total. The van der Waals surface area contributed by atoms with Crippen molar-refractivity contribution in [2.75, 3.05) is 26.9 Å². The average molecular weight is 303 g/mol. The largest absolute Gasteiger partial charge is 0.493 e. The number of hydrogen-bond acceptors (Lipinski definition) is 5. The quantitative estimate of drug-likeness (QED) is 0.518. The molecule has 0 N–H and O–H groups in total. The van der Waals surface area contributed by atoms with Crippen LogP contribution in [0.15, 0.2) is 12.1 Å². The Morgan fingerprint density at radius 2 is 1.90 bits per heavy atom. The van der Waals surface area contributed by atoms with Crippen LogP contribution in [0.25, 0.3) is 0 Å². The molecule has 1 rings (SSSR count). The van der Waals surface area contributed by atoms with Gasteiger partial charge in [0, 0.05) is 24.3 Å². The van der Waals surface area contributed by atoms with E-state index in [0.29, 0.717) is 41.6 Å². The molecule has 1 aromatic carbocycles. The van der Waals surface area contributed by atoms with E-state index in [9.17, 15) is 4.79 Å². The predicted octanol–water partition coefficient (Wildman–Crippen LogP) is 2.94. The fourth-order valence-corrected chi connectivity index (χ4v) is 1.87. The van der Waals surface area contributed by atoms with Crippen LogP contribution in [0.2, 0.25) is 5.02 Å². The van der Waals surface area contributed by atoms with Crippen LogP contribution >= 0.6 is 11.6 Å². The fourth-order valence-electron chi connectivity index (χ4n) is 1.65. The predicted molar refractivity (Wildman–Crippen MR) is 75.9 cm³/mol. The summed E-state index contributed by atoms with van der Waals surface area (Å²) < 4.78 is 21.5. The number of ether oxygens (including phenoxy) is 4. The normalized spacial score (nSPS) is 10.7. The zero-order valence-electron chi connectivity index (χ0n) is 11.8. The van der Waals surface area contributed by atoms with E-state index < -0.39 is 6.29 Å². The molecule has 0 bridgehead atoms. The van der Waals surface area contributed by atoms with E-state index in [1.807, 2.05) is 13.8 Å². The molecular weight excluding hydrogens is 284 g/mol. The number of methoxy groups -OCH3 is 1. The monoisotopic (exact) mass is 302 g/mol. The SMILES string of the molecule is CCOC(COc1c(C=O)cc(Cl)cc1OC)OCC. The summed E-state index contributed by atoms with van der Waals surface area (Å²) >= 11 is 5.90. The van der Waals surface area contributed by atoms with E-state index in [1.54, 1.807) is 6.07 Å². The minimum absolute atomic E-state index is 0.153. The number of rotatable bonds is 9. The summed E-state index contributed by atoms with van der Waals surface area (Å²) in [5, 5.41) is 0.405. The molecule has 0 spiro atoms. The van der Waals surface area contributed by atoms with Crippen molar-refractivity contribution in [1.82, 2.24) is 0 Å². The summed E-state index contributed by atoms with van der Waals surface area (Å²) in [4.78, 5) is 11.1. The number of aldehydes is 1. The van der Waals surface area contributed by atoms with Crippen LogP contribution in [0.1, 0.15) is 24.2 Å². The lowest BCUT2D eigenvalue weighted by atomic mass is 10.2. The number of halogens is 1. The maximum absolute atomic E-state index is 11.1. The first-order chi connectivity index (χ1) is 9.65. The van der Waals surface area contributed by atoms with Gasteiger partial charge in [0.05, 0.1) is 12.7 Å². The van der Waals surface area contributed by atoms with Gasteiger partial charge in [-0.3, -0.25) is 4.79 Å². The number of benzene rings is 1. The lowest BCUT2D eigenvalue weighted by Gasteiger charge is -2.19. The Morgan fingerprint density at radius 1 is 1.25 bits per heavy atom. The molecule has 20 heavy (non-hydrogen) atoms. The highest BCUT2D eigenvalue weighted by molar-refractivity contribution is 6.31. The van der Waals surface area contributed by atoms with Gasteiger partial charge in [0.2, 0.25) is 0 Å². The third kappa shape index (κ3) is 4.67.